The maximum atomic E-state index is 12.6. The van der Waals surface area contributed by atoms with Crippen LogP contribution in [-0.4, -0.2) is 30.4 Å². The molecule has 122 valence electrons. The van der Waals surface area contributed by atoms with Crippen LogP contribution in [0.15, 0.2) is 24.3 Å². The van der Waals surface area contributed by atoms with Gasteiger partial charge in [0.2, 0.25) is 5.91 Å². The molecule has 1 aliphatic heterocycles. The summed E-state index contributed by atoms with van der Waals surface area (Å²) in [7, 11) is 0. The zero-order valence-electron chi connectivity index (χ0n) is 13.6. The highest BCUT2D eigenvalue weighted by molar-refractivity contribution is 6.30. The Hall–Kier alpha value is -1.06. The Morgan fingerprint density at radius 1 is 1.50 bits per heavy atom. The van der Waals surface area contributed by atoms with Crippen LogP contribution in [0, 0.1) is 11.8 Å². The molecule has 1 saturated heterocycles. The molecule has 3 nitrogen and oxygen atoms in total. The van der Waals surface area contributed by atoms with E-state index in [2.05, 4.69) is 12.2 Å². The summed E-state index contributed by atoms with van der Waals surface area (Å²) in [5.74, 6) is 1.32. The molecule has 0 spiro atoms. The summed E-state index contributed by atoms with van der Waals surface area (Å²) >= 11 is 6.03. The van der Waals surface area contributed by atoms with Gasteiger partial charge in [-0.1, -0.05) is 30.7 Å². The molecule has 0 bridgehead atoms. The number of amides is 1. The average Bonchev–Trinajstić information content (AvgIpc) is 2.53. The summed E-state index contributed by atoms with van der Waals surface area (Å²) in [6.45, 7) is 7.80. The number of carbonyl (C=O) groups is 1. The van der Waals surface area contributed by atoms with Crippen LogP contribution < -0.4 is 5.32 Å². The van der Waals surface area contributed by atoms with Gasteiger partial charge in [0.05, 0.1) is 0 Å². The van der Waals surface area contributed by atoms with Gasteiger partial charge in [0.1, 0.15) is 0 Å². The molecule has 1 amide bonds. The van der Waals surface area contributed by atoms with E-state index in [1.54, 1.807) is 0 Å². The Morgan fingerprint density at radius 2 is 2.32 bits per heavy atom. The van der Waals surface area contributed by atoms with Gasteiger partial charge in [0, 0.05) is 24.5 Å². The van der Waals surface area contributed by atoms with Crippen LogP contribution in [0.2, 0.25) is 5.02 Å². The summed E-state index contributed by atoms with van der Waals surface area (Å²) < 4.78 is 0. The summed E-state index contributed by atoms with van der Waals surface area (Å²) in [4.78, 5) is 14.5. The minimum atomic E-state index is 0.251. The number of nitrogens with zero attached hydrogens (tertiary/aromatic N) is 1. The zero-order chi connectivity index (χ0) is 15.9. The molecule has 1 heterocycles. The number of nitrogens with one attached hydrogen (secondary N) is 1. The fourth-order valence-electron chi connectivity index (χ4n) is 3.17. The van der Waals surface area contributed by atoms with Gasteiger partial charge in [-0.05, 0) is 62.4 Å². The minimum Gasteiger partial charge on any atom is -0.339 e. The van der Waals surface area contributed by atoms with E-state index in [-0.39, 0.29) is 5.91 Å². The van der Waals surface area contributed by atoms with Gasteiger partial charge in [-0.25, -0.2) is 0 Å². The Balaban J connectivity index is 1.90. The Bertz CT molecular complexity index is 486. The first-order valence-electron chi connectivity index (χ1n) is 8.33. The maximum Gasteiger partial charge on any atom is 0.223 e. The van der Waals surface area contributed by atoms with Crippen LogP contribution in [0.25, 0.3) is 0 Å². The largest absolute Gasteiger partial charge is 0.339 e. The van der Waals surface area contributed by atoms with Gasteiger partial charge in [-0.3, -0.25) is 4.79 Å². The van der Waals surface area contributed by atoms with E-state index in [0.717, 1.165) is 30.2 Å². The molecular weight excluding hydrogens is 296 g/mol. The second kappa shape index (κ2) is 8.54. The highest BCUT2D eigenvalue weighted by atomic mass is 35.5. The molecule has 1 aliphatic rings. The number of hydrogen-bond donors (Lipinski definition) is 1. The lowest BCUT2D eigenvalue weighted by molar-refractivity contribution is -0.133. The molecule has 2 rings (SSSR count). The summed E-state index contributed by atoms with van der Waals surface area (Å²) in [5, 5.41) is 4.16. The van der Waals surface area contributed by atoms with Gasteiger partial charge in [0.15, 0.2) is 0 Å². The van der Waals surface area contributed by atoms with E-state index in [0.29, 0.717) is 24.8 Å². The van der Waals surface area contributed by atoms with Crippen LogP contribution in [0.3, 0.4) is 0 Å². The normalized spacial score (nSPS) is 19.7. The number of rotatable bonds is 6. The molecule has 0 aromatic heterocycles. The fraction of sp³-hybridized carbons (Fsp3) is 0.611. The monoisotopic (exact) mass is 322 g/mol. The van der Waals surface area contributed by atoms with Gasteiger partial charge in [-0.2, -0.15) is 0 Å². The molecule has 0 saturated carbocycles. The van der Waals surface area contributed by atoms with E-state index in [9.17, 15) is 4.79 Å². The third-order valence-corrected chi connectivity index (χ3v) is 4.87. The third kappa shape index (κ3) is 4.99. The van der Waals surface area contributed by atoms with E-state index in [4.69, 9.17) is 11.6 Å². The molecule has 22 heavy (non-hydrogen) atoms. The first-order chi connectivity index (χ1) is 10.6. The summed E-state index contributed by atoms with van der Waals surface area (Å²) in [6.07, 6.45) is 3.10. The van der Waals surface area contributed by atoms with Gasteiger partial charge in [-0.15, -0.1) is 0 Å². The van der Waals surface area contributed by atoms with Crippen molar-refractivity contribution in [3.8, 4) is 0 Å². The predicted molar refractivity (Wildman–Crippen MR) is 91.9 cm³/mol. The minimum absolute atomic E-state index is 0.251. The highest BCUT2D eigenvalue weighted by Gasteiger charge is 2.24. The standard InChI is InChI=1S/C18H27ClN2O/c1-3-21(13-15-6-4-8-17(19)11-15)18(22)10-14(2)16-7-5-9-20-12-16/h4,6,8,11,14,16,20H,3,5,7,9-10,12-13H2,1-2H3. The van der Waals surface area contributed by atoms with Crippen molar-refractivity contribution < 1.29 is 4.79 Å². The lowest BCUT2D eigenvalue weighted by atomic mass is 9.85. The van der Waals surface area contributed by atoms with Crippen molar-refractivity contribution in [1.29, 1.82) is 0 Å². The van der Waals surface area contributed by atoms with E-state index >= 15 is 0 Å². The second-order valence-corrected chi connectivity index (χ2v) is 6.76. The molecule has 1 aromatic rings. The van der Waals surface area contributed by atoms with Crippen molar-refractivity contribution in [3.05, 3.63) is 34.9 Å². The molecule has 1 N–H and O–H groups in total. The smallest absolute Gasteiger partial charge is 0.223 e. The number of halogens is 1. The molecular formula is C18H27ClN2O. The van der Waals surface area contributed by atoms with E-state index in [1.165, 1.54) is 12.8 Å². The number of carbonyl (C=O) groups excluding carboxylic acids is 1. The average molecular weight is 323 g/mol. The topological polar surface area (TPSA) is 32.3 Å². The second-order valence-electron chi connectivity index (χ2n) is 6.33. The van der Waals surface area contributed by atoms with Gasteiger partial charge in [0.25, 0.3) is 0 Å². The molecule has 2 atom stereocenters. The first-order valence-corrected chi connectivity index (χ1v) is 8.71. The van der Waals surface area contributed by atoms with Crippen molar-refractivity contribution in [2.45, 2.75) is 39.7 Å². The van der Waals surface area contributed by atoms with Gasteiger partial charge < -0.3 is 10.2 Å². The van der Waals surface area contributed by atoms with Crippen LogP contribution >= 0.6 is 11.6 Å². The van der Waals surface area contributed by atoms with Crippen LogP contribution in [0.5, 0.6) is 0 Å². The summed E-state index contributed by atoms with van der Waals surface area (Å²) in [5.41, 5.74) is 1.09. The van der Waals surface area contributed by atoms with Crippen molar-refractivity contribution in [2.24, 2.45) is 11.8 Å². The van der Waals surface area contributed by atoms with Crippen molar-refractivity contribution in [3.63, 3.8) is 0 Å². The molecule has 1 aromatic carbocycles. The van der Waals surface area contributed by atoms with Gasteiger partial charge >= 0.3 is 0 Å². The number of hydrogen-bond acceptors (Lipinski definition) is 2. The van der Waals surface area contributed by atoms with Crippen molar-refractivity contribution in [2.75, 3.05) is 19.6 Å². The lowest BCUT2D eigenvalue weighted by Crippen LogP contribution is -2.37. The van der Waals surface area contributed by atoms with Crippen molar-refractivity contribution >= 4 is 17.5 Å². The maximum absolute atomic E-state index is 12.6. The van der Waals surface area contributed by atoms with E-state index < -0.39 is 0 Å². The highest BCUT2D eigenvalue weighted by Crippen LogP contribution is 2.23. The zero-order valence-corrected chi connectivity index (χ0v) is 14.4. The Kier molecular flexibility index (Phi) is 6.71. The SMILES string of the molecule is CCN(Cc1cccc(Cl)c1)C(=O)CC(C)C1CCCNC1. The van der Waals surface area contributed by atoms with Crippen LogP contribution in [0.4, 0.5) is 0 Å². The number of piperidine rings is 1. The Labute approximate surface area is 139 Å². The van der Waals surface area contributed by atoms with E-state index in [1.807, 2.05) is 36.1 Å². The third-order valence-electron chi connectivity index (χ3n) is 4.63. The number of benzene rings is 1. The molecule has 2 unspecified atom stereocenters. The van der Waals surface area contributed by atoms with Crippen LogP contribution in [-0.2, 0) is 11.3 Å². The fourth-order valence-corrected chi connectivity index (χ4v) is 3.38. The summed E-state index contributed by atoms with van der Waals surface area (Å²) in [6, 6.07) is 7.76. The first kappa shape index (κ1) is 17.3. The van der Waals surface area contributed by atoms with Crippen LogP contribution in [0.1, 0.15) is 38.7 Å². The van der Waals surface area contributed by atoms with Crippen molar-refractivity contribution in [1.82, 2.24) is 10.2 Å². The molecule has 0 aliphatic carbocycles. The molecule has 4 heteroatoms. The lowest BCUT2D eigenvalue weighted by Gasteiger charge is -2.30. The quantitative estimate of drug-likeness (QED) is 0.865. The predicted octanol–water partition coefficient (Wildman–Crippen LogP) is 3.71. The Morgan fingerprint density at radius 3 is 2.95 bits per heavy atom. The molecule has 0 radical (unpaired) electrons. The molecule has 1 fully saturated rings.